The van der Waals surface area contributed by atoms with E-state index in [4.69, 9.17) is 0 Å². The average Bonchev–Trinajstić information content (AvgIpc) is 2.55. The van der Waals surface area contributed by atoms with Gasteiger partial charge in [-0.2, -0.15) is 0 Å². The Hall–Kier alpha value is -2.12. The second kappa shape index (κ2) is 5.94. The van der Waals surface area contributed by atoms with Gasteiger partial charge in [0.05, 0.1) is 8.07 Å². The van der Waals surface area contributed by atoms with Gasteiger partial charge >= 0.3 is 0 Å². The molecule has 0 heterocycles. The fraction of sp³-hybridized carbons (Fsp3) is 0.143. The molecule has 0 N–H and O–H groups in total. The van der Waals surface area contributed by atoms with E-state index in [1.54, 1.807) is 0 Å². The summed E-state index contributed by atoms with van der Waals surface area (Å²) in [4.78, 5) is 0. The SMILES string of the molecule is C[Si](C)(C)c1cccc(-c2cccc(-c3ccccc3)c2)c1. The molecule has 0 radical (unpaired) electrons. The molecule has 0 aliphatic rings. The predicted molar refractivity (Wildman–Crippen MR) is 100 cm³/mol. The number of rotatable bonds is 3. The van der Waals surface area contributed by atoms with E-state index in [1.165, 1.54) is 27.4 Å². The highest BCUT2D eigenvalue weighted by Gasteiger charge is 2.16. The van der Waals surface area contributed by atoms with Gasteiger partial charge in [-0.1, -0.05) is 97.6 Å². The molecule has 0 aromatic heterocycles. The van der Waals surface area contributed by atoms with Crippen molar-refractivity contribution in [2.75, 3.05) is 0 Å². The minimum absolute atomic E-state index is 1.27. The first-order valence-electron chi connectivity index (χ1n) is 7.80. The molecule has 0 aliphatic carbocycles. The van der Waals surface area contributed by atoms with Crippen LogP contribution in [0.25, 0.3) is 22.3 Å². The van der Waals surface area contributed by atoms with Crippen molar-refractivity contribution in [1.29, 1.82) is 0 Å². The first-order valence-corrected chi connectivity index (χ1v) is 11.3. The highest BCUT2D eigenvalue weighted by molar-refractivity contribution is 6.88. The molecule has 1 heteroatoms. The normalized spacial score (nSPS) is 11.4. The molecule has 110 valence electrons. The van der Waals surface area contributed by atoms with Crippen LogP contribution >= 0.6 is 0 Å². The van der Waals surface area contributed by atoms with Gasteiger partial charge in [-0.25, -0.2) is 0 Å². The molecular formula is C21H22Si. The highest BCUT2D eigenvalue weighted by Crippen LogP contribution is 2.26. The van der Waals surface area contributed by atoms with Gasteiger partial charge in [0, 0.05) is 0 Å². The zero-order chi connectivity index (χ0) is 15.6. The van der Waals surface area contributed by atoms with Crippen LogP contribution in [-0.2, 0) is 0 Å². The minimum atomic E-state index is -1.28. The highest BCUT2D eigenvalue weighted by atomic mass is 28.3. The first kappa shape index (κ1) is 14.8. The summed E-state index contributed by atoms with van der Waals surface area (Å²) in [5.41, 5.74) is 5.15. The van der Waals surface area contributed by atoms with Crippen molar-refractivity contribution in [2.24, 2.45) is 0 Å². The average molecular weight is 302 g/mol. The Morgan fingerprint density at radius 3 is 1.64 bits per heavy atom. The molecule has 3 aromatic carbocycles. The summed E-state index contributed by atoms with van der Waals surface area (Å²) in [6.45, 7) is 7.19. The standard InChI is InChI=1S/C21H22Si/c1-22(2,3)21-14-8-13-20(16-21)19-12-7-11-18(15-19)17-9-5-4-6-10-17/h4-16H,1-3H3. The molecule has 0 aliphatic heterocycles. The third kappa shape index (κ3) is 3.20. The Morgan fingerprint density at radius 1 is 0.500 bits per heavy atom. The smallest absolute Gasteiger partial charge is 0.0656 e. The Labute approximate surface area is 134 Å². The van der Waals surface area contributed by atoms with Crippen LogP contribution in [0.5, 0.6) is 0 Å². The minimum Gasteiger partial charge on any atom is -0.0656 e. The van der Waals surface area contributed by atoms with Crippen molar-refractivity contribution in [1.82, 2.24) is 0 Å². The second-order valence-corrected chi connectivity index (χ2v) is 11.9. The van der Waals surface area contributed by atoms with E-state index < -0.39 is 8.07 Å². The summed E-state index contributed by atoms with van der Waals surface area (Å²) < 4.78 is 0. The lowest BCUT2D eigenvalue weighted by Gasteiger charge is -2.17. The fourth-order valence-electron chi connectivity index (χ4n) is 2.67. The van der Waals surface area contributed by atoms with Crippen LogP contribution in [0.1, 0.15) is 0 Å². The Morgan fingerprint density at radius 2 is 1.00 bits per heavy atom. The van der Waals surface area contributed by atoms with Crippen LogP contribution in [0.4, 0.5) is 0 Å². The van der Waals surface area contributed by atoms with E-state index in [1.807, 2.05) is 0 Å². The molecule has 22 heavy (non-hydrogen) atoms. The topological polar surface area (TPSA) is 0 Å². The van der Waals surface area contributed by atoms with Gasteiger partial charge in [0.2, 0.25) is 0 Å². The molecule has 0 saturated heterocycles. The zero-order valence-corrected chi connectivity index (χ0v) is 14.5. The maximum absolute atomic E-state index is 2.40. The fourth-order valence-corrected chi connectivity index (χ4v) is 3.86. The molecule has 0 nitrogen and oxygen atoms in total. The van der Waals surface area contributed by atoms with Crippen LogP contribution in [0.3, 0.4) is 0 Å². The van der Waals surface area contributed by atoms with Crippen molar-refractivity contribution in [3.05, 3.63) is 78.9 Å². The molecule has 0 atom stereocenters. The third-order valence-corrected chi connectivity index (χ3v) is 6.07. The van der Waals surface area contributed by atoms with Gasteiger partial charge in [0.1, 0.15) is 0 Å². The van der Waals surface area contributed by atoms with Crippen molar-refractivity contribution >= 4 is 13.3 Å². The quantitative estimate of drug-likeness (QED) is 0.555. The molecule has 3 aromatic rings. The second-order valence-electron chi connectivity index (χ2n) is 6.78. The lowest BCUT2D eigenvalue weighted by atomic mass is 9.99. The van der Waals surface area contributed by atoms with Crippen molar-refractivity contribution < 1.29 is 0 Å². The summed E-state index contributed by atoms with van der Waals surface area (Å²) in [7, 11) is -1.28. The Bertz CT molecular complexity index is 767. The molecule has 0 saturated carbocycles. The van der Waals surface area contributed by atoms with Gasteiger partial charge in [0.15, 0.2) is 0 Å². The van der Waals surface area contributed by atoms with E-state index in [0.29, 0.717) is 0 Å². The summed E-state index contributed by atoms with van der Waals surface area (Å²) in [5, 5.41) is 1.51. The van der Waals surface area contributed by atoms with E-state index in [-0.39, 0.29) is 0 Å². The molecule has 3 rings (SSSR count). The van der Waals surface area contributed by atoms with Crippen molar-refractivity contribution in [3.63, 3.8) is 0 Å². The van der Waals surface area contributed by atoms with Crippen LogP contribution in [0.15, 0.2) is 78.9 Å². The number of benzene rings is 3. The van der Waals surface area contributed by atoms with Crippen LogP contribution < -0.4 is 5.19 Å². The molecule has 0 unspecified atom stereocenters. The number of hydrogen-bond acceptors (Lipinski definition) is 0. The largest absolute Gasteiger partial charge is 0.0776 e. The Kier molecular flexibility index (Phi) is 3.99. The molecule has 0 fully saturated rings. The van der Waals surface area contributed by atoms with Crippen LogP contribution in [0, 0.1) is 0 Å². The van der Waals surface area contributed by atoms with E-state index in [2.05, 4.69) is 98.5 Å². The van der Waals surface area contributed by atoms with E-state index >= 15 is 0 Å². The third-order valence-electron chi connectivity index (χ3n) is 4.03. The van der Waals surface area contributed by atoms with Crippen molar-refractivity contribution in [2.45, 2.75) is 19.6 Å². The van der Waals surface area contributed by atoms with Gasteiger partial charge in [-0.15, -0.1) is 0 Å². The van der Waals surface area contributed by atoms with Gasteiger partial charge in [-0.3, -0.25) is 0 Å². The Balaban J connectivity index is 2.03. The maximum Gasteiger partial charge on any atom is 0.0776 e. The predicted octanol–water partition coefficient (Wildman–Crippen LogP) is 5.57. The lowest BCUT2D eigenvalue weighted by Crippen LogP contribution is -2.37. The number of hydrogen-bond donors (Lipinski definition) is 0. The van der Waals surface area contributed by atoms with Gasteiger partial charge in [0.25, 0.3) is 0 Å². The summed E-state index contributed by atoms with van der Waals surface area (Å²) in [6.07, 6.45) is 0. The van der Waals surface area contributed by atoms with Crippen LogP contribution in [-0.4, -0.2) is 8.07 Å². The molecule has 0 spiro atoms. The van der Waals surface area contributed by atoms with Gasteiger partial charge in [-0.05, 0) is 28.3 Å². The monoisotopic (exact) mass is 302 g/mol. The van der Waals surface area contributed by atoms with Crippen molar-refractivity contribution in [3.8, 4) is 22.3 Å². The summed E-state index contributed by atoms with van der Waals surface area (Å²) in [5.74, 6) is 0. The summed E-state index contributed by atoms with van der Waals surface area (Å²) in [6, 6.07) is 28.5. The molecule has 0 bridgehead atoms. The summed E-state index contributed by atoms with van der Waals surface area (Å²) >= 11 is 0. The first-order chi connectivity index (χ1) is 10.5. The van der Waals surface area contributed by atoms with E-state index in [0.717, 1.165) is 0 Å². The molecule has 0 amide bonds. The van der Waals surface area contributed by atoms with Crippen LogP contribution in [0.2, 0.25) is 19.6 Å². The van der Waals surface area contributed by atoms with Gasteiger partial charge < -0.3 is 0 Å². The maximum atomic E-state index is 2.40. The zero-order valence-electron chi connectivity index (χ0n) is 13.5. The van der Waals surface area contributed by atoms with E-state index in [9.17, 15) is 0 Å². The lowest BCUT2D eigenvalue weighted by molar-refractivity contribution is 1.59. The molecular weight excluding hydrogens is 280 g/mol.